The summed E-state index contributed by atoms with van der Waals surface area (Å²) in [6.07, 6.45) is 9.39. The fourth-order valence-corrected chi connectivity index (χ4v) is 9.49. The van der Waals surface area contributed by atoms with Crippen molar-refractivity contribution in [2.24, 2.45) is 0 Å². The Hall–Kier alpha value is -5.46. The smallest absolute Gasteiger partial charge is 0.0159 e. The fourth-order valence-electron chi connectivity index (χ4n) is 9.49. The summed E-state index contributed by atoms with van der Waals surface area (Å²) in [5.41, 5.74) is 18.8. The van der Waals surface area contributed by atoms with Crippen molar-refractivity contribution >= 4 is 27.1 Å². The van der Waals surface area contributed by atoms with Crippen molar-refractivity contribution in [3.63, 3.8) is 0 Å². The first-order valence-corrected chi connectivity index (χ1v) is 18.2. The van der Waals surface area contributed by atoms with Crippen LogP contribution in [0.15, 0.2) is 146 Å². The molecule has 0 atom stereocenters. The van der Waals surface area contributed by atoms with Crippen LogP contribution in [0.2, 0.25) is 0 Å². The monoisotopic (exact) mass is 640 g/mol. The highest BCUT2D eigenvalue weighted by Gasteiger charge is 2.38. The lowest BCUT2D eigenvalue weighted by atomic mass is 9.77. The van der Waals surface area contributed by atoms with Crippen molar-refractivity contribution in [3.05, 3.63) is 173 Å². The lowest BCUT2D eigenvalue weighted by Crippen LogP contribution is -2.15. The zero-order chi connectivity index (χ0) is 33.8. The van der Waals surface area contributed by atoms with E-state index in [4.69, 9.17) is 0 Å². The number of hydrogen-bond acceptors (Lipinski definition) is 0. The van der Waals surface area contributed by atoms with E-state index < -0.39 is 0 Å². The molecule has 0 bridgehead atoms. The first-order chi connectivity index (χ1) is 24.3. The van der Waals surface area contributed by atoms with Crippen molar-refractivity contribution in [1.82, 2.24) is 0 Å². The molecule has 0 heteroatoms. The van der Waals surface area contributed by atoms with Gasteiger partial charge in [0.15, 0.2) is 0 Å². The van der Waals surface area contributed by atoms with Crippen molar-refractivity contribution in [2.75, 3.05) is 0 Å². The molecule has 0 radical (unpaired) electrons. The Labute approximate surface area is 295 Å². The average Bonchev–Trinajstić information content (AvgIpc) is 3.52. The minimum atomic E-state index is -0.0812. The van der Waals surface area contributed by atoms with E-state index >= 15 is 0 Å². The molecule has 10 rings (SSSR count). The van der Waals surface area contributed by atoms with Gasteiger partial charge in [0.1, 0.15) is 0 Å². The molecule has 240 valence electrons. The van der Waals surface area contributed by atoms with Crippen LogP contribution in [0.4, 0.5) is 0 Å². The zero-order valence-corrected chi connectivity index (χ0v) is 29.3. The molecule has 0 heterocycles. The van der Waals surface area contributed by atoms with Gasteiger partial charge in [-0.3, -0.25) is 0 Å². The molecule has 50 heavy (non-hydrogen) atoms. The highest BCUT2D eigenvalue weighted by molar-refractivity contribution is 6.21. The molecule has 0 aliphatic heterocycles. The van der Waals surface area contributed by atoms with Crippen molar-refractivity contribution in [2.45, 2.75) is 51.4 Å². The highest BCUT2D eigenvalue weighted by Crippen LogP contribution is 2.55. The first kappa shape index (κ1) is 29.5. The van der Waals surface area contributed by atoms with Gasteiger partial charge >= 0.3 is 0 Å². The van der Waals surface area contributed by atoms with E-state index in [-0.39, 0.29) is 10.8 Å². The average molecular weight is 641 g/mol. The summed E-state index contributed by atoms with van der Waals surface area (Å²) in [6.45, 7) is 9.61. The van der Waals surface area contributed by atoms with Crippen molar-refractivity contribution in [1.29, 1.82) is 0 Å². The van der Waals surface area contributed by atoms with Gasteiger partial charge in [-0.25, -0.2) is 0 Å². The Morgan fingerprint density at radius 1 is 0.400 bits per heavy atom. The summed E-state index contributed by atoms with van der Waals surface area (Å²) < 4.78 is 0. The van der Waals surface area contributed by atoms with Gasteiger partial charge in [0.05, 0.1) is 0 Å². The Morgan fingerprint density at radius 3 is 1.42 bits per heavy atom. The van der Waals surface area contributed by atoms with Gasteiger partial charge in [-0.1, -0.05) is 149 Å². The number of benzene rings is 7. The van der Waals surface area contributed by atoms with Gasteiger partial charge in [0.2, 0.25) is 0 Å². The standard InChI is InChI=1S/C50H40/c1-49(2)43-21-13-11-19-35(43)37-27-39-41(29-45(37)49)47(33-17-9-6-10-18-33)42-30-46-38(36-20-12-14-22-44(36)50(46,3)4)28-40(42)48(39)34-25-23-32(24-26-34)31-15-7-5-8-16-31/h5,7-9,11-30H,6,10H2,1-4H3. The second-order valence-corrected chi connectivity index (χ2v) is 15.6. The molecule has 7 aromatic carbocycles. The maximum Gasteiger partial charge on any atom is 0.0159 e. The van der Waals surface area contributed by atoms with Gasteiger partial charge < -0.3 is 0 Å². The summed E-state index contributed by atoms with van der Waals surface area (Å²) >= 11 is 0. The van der Waals surface area contributed by atoms with Crippen LogP contribution in [0, 0.1) is 0 Å². The molecule has 0 fully saturated rings. The lowest BCUT2D eigenvalue weighted by Gasteiger charge is -2.26. The van der Waals surface area contributed by atoms with Crippen LogP contribution in [0.1, 0.15) is 68.4 Å². The third-order valence-corrected chi connectivity index (χ3v) is 12.1. The molecule has 0 saturated heterocycles. The number of fused-ring (bicyclic) bond motifs is 8. The SMILES string of the molecule is CC1(C)c2ccccc2-c2cc3c(-c4ccc(-c5ccccc5)cc4)c4cc5c(cc4c(C4=CCCC=C4)c3cc21)C(C)(C)c1ccccc1-5. The molecule has 0 nitrogen and oxygen atoms in total. The second kappa shape index (κ2) is 10.5. The Bertz CT molecular complexity index is 2480. The second-order valence-electron chi connectivity index (χ2n) is 15.6. The molecule has 0 saturated carbocycles. The molecule has 0 aromatic heterocycles. The summed E-state index contributed by atoms with van der Waals surface area (Å²) in [6, 6.07) is 48.4. The van der Waals surface area contributed by atoms with E-state index in [1.807, 2.05) is 0 Å². The Balaban J connectivity index is 1.37. The molecule has 0 unspecified atom stereocenters. The van der Waals surface area contributed by atoms with Gasteiger partial charge in [-0.15, -0.1) is 0 Å². The summed E-state index contributed by atoms with van der Waals surface area (Å²) in [4.78, 5) is 0. The van der Waals surface area contributed by atoms with Crippen LogP contribution >= 0.6 is 0 Å². The third-order valence-electron chi connectivity index (χ3n) is 12.1. The zero-order valence-electron chi connectivity index (χ0n) is 29.3. The lowest BCUT2D eigenvalue weighted by molar-refractivity contribution is 0.661. The topological polar surface area (TPSA) is 0 Å². The Morgan fingerprint density at radius 2 is 0.880 bits per heavy atom. The van der Waals surface area contributed by atoms with Crippen LogP contribution in [0.5, 0.6) is 0 Å². The van der Waals surface area contributed by atoms with Crippen LogP contribution in [-0.2, 0) is 10.8 Å². The number of allylic oxidation sites excluding steroid dienone is 4. The third kappa shape index (κ3) is 4.06. The highest BCUT2D eigenvalue weighted by atomic mass is 14.4. The van der Waals surface area contributed by atoms with Gasteiger partial charge in [-0.2, -0.15) is 0 Å². The van der Waals surface area contributed by atoms with E-state index in [0.29, 0.717) is 0 Å². The molecule has 0 N–H and O–H groups in total. The van der Waals surface area contributed by atoms with Crippen LogP contribution in [-0.4, -0.2) is 0 Å². The number of rotatable bonds is 3. The van der Waals surface area contributed by atoms with Gasteiger partial charge in [0.25, 0.3) is 0 Å². The largest absolute Gasteiger partial charge is 0.0836 e. The molecule has 0 spiro atoms. The van der Waals surface area contributed by atoms with E-state index in [1.54, 1.807) is 0 Å². The molecule has 0 amide bonds. The molecular weight excluding hydrogens is 601 g/mol. The fraction of sp³-hybridized carbons (Fsp3) is 0.160. The molecular formula is C50H40. The molecule has 3 aliphatic rings. The number of hydrogen-bond donors (Lipinski definition) is 0. The van der Waals surface area contributed by atoms with Crippen LogP contribution in [0.3, 0.4) is 0 Å². The van der Waals surface area contributed by atoms with E-state index in [1.165, 1.54) is 99.4 Å². The molecule has 3 aliphatic carbocycles. The van der Waals surface area contributed by atoms with Gasteiger partial charge in [-0.05, 0) is 137 Å². The van der Waals surface area contributed by atoms with Gasteiger partial charge in [0, 0.05) is 10.8 Å². The van der Waals surface area contributed by atoms with E-state index in [9.17, 15) is 0 Å². The van der Waals surface area contributed by atoms with Crippen molar-refractivity contribution in [3.8, 4) is 44.5 Å². The summed E-state index contributed by atoms with van der Waals surface area (Å²) in [7, 11) is 0. The quantitative estimate of drug-likeness (QED) is 0.169. The maximum atomic E-state index is 2.57. The van der Waals surface area contributed by atoms with Crippen LogP contribution in [0.25, 0.3) is 71.6 Å². The maximum absolute atomic E-state index is 2.57. The summed E-state index contributed by atoms with van der Waals surface area (Å²) in [5.74, 6) is 0. The van der Waals surface area contributed by atoms with E-state index in [0.717, 1.165) is 12.8 Å². The summed E-state index contributed by atoms with van der Waals surface area (Å²) in [5, 5.41) is 5.36. The van der Waals surface area contributed by atoms with E-state index in [2.05, 4.69) is 173 Å². The minimum absolute atomic E-state index is 0.0812. The first-order valence-electron chi connectivity index (χ1n) is 18.2. The predicted octanol–water partition coefficient (Wildman–Crippen LogP) is 13.7. The Kier molecular flexibility index (Phi) is 6.20. The molecule has 7 aromatic rings. The normalized spacial score (nSPS) is 16.2. The van der Waals surface area contributed by atoms with Crippen molar-refractivity contribution < 1.29 is 0 Å². The van der Waals surface area contributed by atoms with Crippen LogP contribution < -0.4 is 0 Å². The predicted molar refractivity (Wildman–Crippen MR) is 214 cm³/mol. The minimum Gasteiger partial charge on any atom is -0.0836 e.